The molecule has 16 heavy (non-hydrogen) atoms. The van der Waals surface area contributed by atoms with E-state index in [0.29, 0.717) is 0 Å². The minimum atomic E-state index is 0.920. The summed E-state index contributed by atoms with van der Waals surface area (Å²) in [7, 11) is 2.11. The standard InChI is InChI=1S/C13H16N2O/c1-15(10-12-6-9-16-11-12)8-5-13-4-2-3-7-14-13/h2-4,6-7,9,11H,5,8,10H2,1H3. The van der Waals surface area contributed by atoms with Gasteiger partial charge in [0.1, 0.15) is 0 Å². The summed E-state index contributed by atoms with van der Waals surface area (Å²) < 4.78 is 5.04. The molecule has 3 nitrogen and oxygen atoms in total. The predicted octanol–water partition coefficient (Wildman–Crippen LogP) is 2.35. The molecule has 0 saturated carbocycles. The van der Waals surface area contributed by atoms with Crippen molar-refractivity contribution in [1.29, 1.82) is 0 Å². The van der Waals surface area contributed by atoms with Crippen LogP contribution >= 0.6 is 0 Å². The summed E-state index contributed by atoms with van der Waals surface area (Å²) in [6, 6.07) is 8.03. The van der Waals surface area contributed by atoms with E-state index in [1.165, 1.54) is 5.56 Å². The Morgan fingerprint density at radius 3 is 2.94 bits per heavy atom. The van der Waals surface area contributed by atoms with E-state index in [9.17, 15) is 0 Å². The first-order valence-electron chi connectivity index (χ1n) is 5.44. The van der Waals surface area contributed by atoms with E-state index in [2.05, 4.69) is 23.0 Å². The van der Waals surface area contributed by atoms with Crippen molar-refractivity contribution in [2.45, 2.75) is 13.0 Å². The summed E-state index contributed by atoms with van der Waals surface area (Å²) in [5, 5.41) is 0. The Balaban J connectivity index is 1.78. The Kier molecular flexibility index (Phi) is 3.72. The first-order chi connectivity index (χ1) is 7.84. The molecule has 2 aromatic heterocycles. The second kappa shape index (κ2) is 5.47. The third-order valence-electron chi connectivity index (χ3n) is 2.51. The first kappa shape index (κ1) is 10.9. The number of hydrogen-bond acceptors (Lipinski definition) is 3. The van der Waals surface area contributed by atoms with E-state index in [4.69, 9.17) is 4.42 Å². The van der Waals surface area contributed by atoms with Crippen LogP contribution in [0.1, 0.15) is 11.3 Å². The smallest absolute Gasteiger partial charge is 0.0947 e. The lowest BCUT2D eigenvalue weighted by Crippen LogP contribution is -2.20. The Hall–Kier alpha value is -1.61. The minimum Gasteiger partial charge on any atom is -0.472 e. The zero-order valence-corrected chi connectivity index (χ0v) is 9.47. The largest absolute Gasteiger partial charge is 0.472 e. The van der Waals surface area contributed by atoms with E-state index < -0.39 is 0 Å². The van der Waals surface area contributed by atoms with Crippen LogP contribution in [0.15, 0.2) is 47.4 Å². The molecule has 84 valence electrons. The van der Waals surface area contributed by atoms with Gasteiger partial charge in [0.25, 0.3) is 0 Å². The normalized spacial score (nSPS) is 10.9. The van der Waals surface area contributed by atoms with Crippen LogP contribution in [-0.2, 0) is 13.0 Å². The molecule has 0 saturated heterocycles. The van der Waals surface area contributed by atoms with Crippen molar-refractivity contribution in [3.05, 3.63) is 54.2 Å². The highest BCUT2D eigenvalue weighted by Gasteiger charge is 2.02. The lowest BCUT2D eigenvalue weighted by atomic mass is 10.2. The van der Waals surface area contributed by atoms with Crippen molar-refractivity contribution >= 4 is 0 Å². The van der Waals surface area contributed by atoms with Crippen LogP contribution < -0.4 is 0 Å². The van der Waals surface area contributed by atoms with Crippen LogP contribution in [0, 0.1) is 0 Å². The third-order valence-corrected chi connectivity index (χ3v) is 2.51. The Bertz CT molecular complexity index is 397. The van der Waals surface area contributed by atoms with Gasteiger partial charge < -0.3 is 9.32 Å². The van der Waals surface area contributed by atoms with Crippen LogP contribution in [0.4, 0.5) is 0 Å². The fraction of sp³-hybridized carbons (Fsp3) is 0.308. The Labute approximate surface area is 95.7 Å². The van der Waals surface area contributed by atoms with Gasteiger partial charge in [0.15, 0.2) is 0 Å². The maximum absolute atomic E-state index is 5.04. The lowest BCUT2D eigenvalue weighted by molar-refractivity contribution is 0.328. The number of hydrogen-bond donors (Lipinski definition) is 0. The maximum Gasteiger partial charge on any atom is 0.0947 e. The number of aromatic nitrogens is 1. The maximum atomic E-state index is 5.04. The average molecular weight is 216 g/mol. The number of nitrogens with zero attached hydrogens (tertiary/aromatic N) is 2. The SMILES string of the molecule is CN(CCc1ccccn1)Cc1ccoc1. The summed E-state index contributed by atoms with van der Waals surface area (Å²) >= 11 is 0. The second-order valence-corrected chi connectivity index (χ2v) is 3.94. The molecule has 0 radical (unpaired) electrons. The van der Waals surface area contributed by atoms with Crippen molar-refractivity contribution in [3.8, 4) is 0 Å². The van der Waals surface area contributed by atoms with Crippen LogP contribution in [-0.4, -0.2) is 23.5 Å². The molecule has 3 heteroatoms. The third kappa shape index (κ3) is 3.21. The zero-order chi connectivity index (χ0) is 11.2. The number of rotatable bonds is 5. The molecule has 2 heterocycles. The van der Waals surface area contributed by atoms with Crippen LogP contribution in [0.5, 0.6) is 0 Å². The van der Waals surface area contributed by atoms with Gasteiger partial charge in [0.05, 0.1) is 12.5 Å². The quantitative estimate of drug-likeness (QED) is 0.768. The molecular formula is C13H16N2O. The molecule has 0 aliphatic carbocycles. The van der Waals surface area contributed by atoms with Crippen molar-refractivity contribution in [2.75, 3.05) is 13.6 Å². The number of furan rings is 1. The van der Waals surface area contributed by atoms with Crippen molar-refractivity contribution in [2.24, 2.45) is 0 Å². The van der Waals surface area contributed by atoms with Gasteiger partial charge in [-0.1, -0.05) is 6.07 Å². The van der Waals surface area contributed by atoms with Gasteiger partial charge in [-0.05, 0) is 25.2 Å². The highest BCUT2D eigenvalue weighted by molar-refractivity contribution is 5.06. The molecule has 0 amide bonds. The summed E-state index contributed by atoms with van der Waals surface area (Å²) in [5.41, 5.74) is 2.35. The monoisotopic (exact) mass is 216 g/mol. The van der Waals surface area contributed by atoms with Crippen molar-refractivity contribution in [1.82, 2.24) is 9.88 Å². The predicted molar refractivity (Wildman–Crippen MR) is 63.0 cm³/mol. The highest BCUT2D eigenvalue weighted by Crippen LogP contribution is 2.04. The van der Waals surface area contributed by atoms with Gasteiger partial charge in [-0.3, -0.25) is 4.98 Å². The molecule has 0 spiro atoms. The zero-order valence-electron chi connectivity index (χ0n) is 9.47. The number of likely N-dealkylation sites (N-methyl/N-ethyl adjacent to an activating group) is 1. The molecule has 0 atom stereocenters. The summed E-state index contributed by atoms with van der Waals surface area (Å²) in [6.07, 6.45) is 6.32. The van der Waals surface area contributed by atoms with Gasteiger partial charge in [-0.2, -0.15) is 0 Å². The summed E-state index contributed by atoms with van der Waals surface area (Å²) in [5.74, 6) is 0. The van der Waals surface area contributed by atoms with Crippen LogP contribution in [0.3, 0.4) is 0 Å². The second-order valence-electron chi connectivity index (χ2n) is 3.94. The molecular weight excluding hydrogens is 200 g/mol. The van der Waals surface area contributed by atoms with Crippen LogP contribution in [0.25, 0.3) is 0 Å². The van der Waals surface area contributed by atoms with Gasteiger partial charge in [0.2, 0.25) is 0 Å². The fourth-order valence-electron chi connectivity index (χ4n) is 1.62. The van der Waals surface area contributed by atoms with E-state index in [1.54, 1.807) is 12.5 Å². The lowest BCUT2D eigenvalue weighted by Gasteiger charge is -2.14. The van der Waals surface area contributed by atoms with Crippen molar-refractivity contribution in [3.63, 3.8) is 0 Å². The van der Waals surface area contributed by atoms with Crippen molar-refractivity contribution < 1.29 is 4.42 Å². The van der Waals surface area contributed by atoms with Gasteiger partial charge in [-0.15, -0.1) is 0 Å². The van der Waals surface area contributed by atoms with E-state index in [0.717, 1.165) is 25.2 Å². The molecule has 0 aliphatic rings. The molecule has 2 rings (SSSR count). The van der Waals surface area contributed by atoms with Gasteiger partial charge >= 0.3 is 0 Å². The molecule has 2 aromatic rings. The van der Waals surface area contributed by atoms with Gasteiger partial charge in [-0.25, -0.2) is 0 Å². The molecule has 0 fully saturated rings. The van der Waals surface area contributed by atoms with Gasteiger partial charge in [0, 0.05) is 37.0 Å². The van der Waals surface area contributed by atoms with E-state index in [-0.39, 0.29) is 0 Å². The summed E-state index contributed by atoms with van der Waals surface area (Å²) in [6.45, 7) is 1.92. The molecule has 0 unspecified atom stereocenters. The summed E-state index contributed by atoms with van der Waals surface area (Å²) in [4.78, 5) is 6.57. The Morgan fingerprint density at radius 2 is 2.25 bits per heavy atom. The Morgan fingerprint density at radius 1 is 1.31 bits per heavy atom. The molecule has 0 N–H and O–H groups in total. The van der Waals surface area contributed by atoms with E-state index >= 15 is 0 Å². The van der Waals surface area contributed by atoms with Crippen LogP contribution in [0.2, 0.25) is 0 Å². The highest BCUT2D eigenvalue weighted by atomic mass is 16.3. The molecule has 0 aliphatic heterocycles. The molecule has 0 bridgehead atoms. The number of pyridine rings is 1. The topological polar surface area (TPSA) is 29.3 Å². The first-order valence-corrected chi connectivity index (χ1v) is 5.44. The minimum absolute atomic E-state index is 0.920. The average Bonchev–Trinajstić information content (AvgIpc) is 2.81. The fourth-order valence-corrected chi connectivity index (χ4v) is 1.62. The van der Waals surface area contributed by atoms with E-state index in [1.807, 2.05) is 24.4 Å². The molecule has 0 aromatic carbocycles.